The highest BCUT2D eigenvalue weighted by molar-refractivity contribution is 5.04. The molecule has 0 saturated carbocycles. The lowest BCUT2D eigenvalue weighted by molar-refractivity contribution is 0.528. The van der Waals surface area contributed by atoms with Crippen LogP contribution >= 0.6 is 0 Å². The van der Waals surface area contributed by atoms with Crippen LogP contribution in [0.3, 0.4) is 0 Å². The lowest BCUT2D eigenvalue weighted by Crippen LogP contribution is -2.13. The first-order valence-corrected chi connectivity index (χ1v) is 7.28. The van der Waals surface area contributed by atoms with Crippen LogP contribution in [0.4, 0.5) is 0 Å². The minimum Gasteiger partial charge on any atom is -0.321 e. The molecule has 0 saturated heterocycles. The Bertz CT molecular complexity index is 308. The number of aryl methyl sites for hydroxylation is 1. The number of hydrogen-bond acceptors (Lipinski definition) is 3. The first-order chi connectivity index (χ1) is 8.74. The van der Waals surface area contributed by atoms with Gasteiger partial charge in [0.15, 0.2) is 0 Å². The van der Waals surface area contributed by atoms with Crippen molar-refractivity contribution in [2.45, 2.75) is 71.3 Å². The summed E-state index contributed by atoms with van der Waals surface area (Å²) in [6.45, 7) is 4.24. The lowest BCUT2D eigenvalue weighted by Gasteiger charge is -2.09. The fourth-order valence-electron chi connectivity index (χ4n) is 2.04. The van der Waals surface area contributed by atoms with Gasteiger partial charge in [-0.3, -0.25) is 0 Å². The number of nitrogens with two attached hydrogens (primary N) is 1. The molecular weight excluding hydrogens is 222 g/mol. The first kappa shape index (κ1) is 15.1. The molecule has 0 fully saturated rings. The second kappa shape index (κ2) is 9.03. The van der Waals surface area contributed by atoms with Crippen LogP contribution in [0.25, 0.3) is 0 Å². The summed E-state index contributed by atoms with van der Waals surface area (Å²) in [7, 11) is 0. The Kier molecular flexibility index (Phi) is 7.58. The molecule has 0 radical (unpaired) electrons. The molecule has 102 valence electrons. The number of unbranched alkanes of at least 4 members (excludes halogenated alkanes) is 6. The van der Waals surface area contributed by atoms with E-state index in [-0.39, 0.29) is 6.04 Å². The van der Waals surface area contributed by atoms with E-state index in [4.69, 9.17) is 5.73 Å². The molecule has 0 spiro atoms. The van der Waals surface area contributed by atoms with E-state index in [2.05, 4.69) is 16.9 Å². The van der Waals surface area contributed by atoms with Crippen molar-refractivity contribution in [2.75, 3.05) is 0 Å². The number of hydrogen-bond donors (Lipinski definition) is 1. The van der Waals surface area contributed by atoms with Gasteiger partial charge >= 0.3 is 0 Å². The molecule has 1 atom stereocenters. The standard InChI is InChI=1S/C15H27N3/c1-3-4-5-6-7-8-9-10-14(16)15-17-11-13(2)12-18-15/h11-12,14H,3-10,16H2,1-2H3. The second-order valence-corrected chi connectivity index (χ2v) is 5.14. The zero-order chi connectivity index (χ0) is 13.2. The van der Waals surface area contributed by atoms with Crippen LogP contribution in [0.1, 0.15) is 75.7 Å². The van der Waals surface area contributed by atoms with E-state index in [0.717, 1.165) is 17.8 Å². The molecule has 1 heterocycles. The highest BCUT2D eigenvalue weighted by Crippen LogP contribution is 2.15. The van der Waals surface area contributed by atoms with E-state index < -0.39 is 0 Å². The van der Waals surface area contributed by atoms with E-state index in [1.165, 1.54) is 44.9 Å². The third-order valence-corrected chi connectivity index (χ3v) is 3.25. The van der Waals surface area contributed by atoms with Gasteiger partial charge in [0.05, 0.1) is 6.04 Å². The molecule has 3 nitrogen and oxygen atoms in total. The maximum atomic E-state index is 6.08. The van der Waals surface area contributed by atoms with Gasteiger partial charge in [-0.15, -0.1) is 0 Å². The van der Waals surface area contributed by atoms with Crippen molar-refractivity contribution in [1.82, 2.24) is 9.97 Å². The van der Waals surface area contributed by atoms with E-state index in [9.17, 15) is 0 Å². The molecule has 0 aliphatic rings. The van der Waals surface area contributed by atoms with Gasteiger partial charge in [0.2, 0.25) is 0 Å². The summed E-state index contributed by atoms with van der Waals surface area (Å²) in [6, 6.07) is 0.00115. The van der Waals surface area contributed by atoms with Gasteiger partial charge < -0.3 is 5.73 Å². The summed E-state index contributed by atoms with van der Waals surface area (Å²) in [4.78, 5) is 8.56. The maximum Gasteiger partial charge on any atom is 0.144 e. The van der Waals surface area contributed by atoms with Gasteiger partial charge in [-0.25, -0.2) is 9.97 Å². The molecule has 18 heavy (non-hydrogen) atoms. The summed E-state index contributed by atoms with van der Waals surface area (Å²) in [5, 5.41) is 0. The van der Waals surface area contributed by atoms with Crippen molar-refractivity contribution >= 4 is 0 Å². The van der Waals surface area contributed by atoms with Crippen molar-refractivity contribution in [2.24, 2.45) is 5.73 Å². The molecular formula is C15H27N3. The highest BCUT2D eigenvalue weighted by Gasteiger charge is 2.07. The Morgan fingerprint density at radius 3 is 2.17 bits per heavy atom. The molecule has 0 aliphatic heterocycles. The largest absolute Gasteiger partial charge is 0.321 e. The molecule has 1 rings (SSSR count). The van der Waals surface area contributed by atoms with Crippen molar-refractivity contribution in [1.29, 1.82) is 0 Å². The first-order valence-electron chi connectivity index (χ1n) is 7.28. The average Bonchev–Trinajstić information content (AvgIpc) is 2.38. The molecule has 0 aliphatic carbocycles. The van der Waals surface area contributed by atoms with Crippen LogP contribution in [0.15, 0.2) is 12.4 Å². The Labute approximate surface area is 111 Å². The number of nitrogens with zero attached hydrogens (tertiary/aromatic N) is 2. The SMILES string of the molecule is CCCCCCCCCC(N)c1ncc(C)cn1. The zero-order valence-corrected chi connectivity index (χ0v) is 11.9. The van der Waals surface area contributed by atoms with Gasteiger partial charge in [0, 0.05) is 12.4 Å². The van der Waals surface area contributed by atoms with Crippen LogP contribution in [0.2, 0.25) is 0 Å². The molecule has 2 N–H and O–H groups in total. The van der Waals surface area contributed by atoms with E-state index in [1.54, 1.807) is 0 Å². The Morgan fingerprint density at radius 1 is 1.00 bits per heavy atom. The predicted molar refractivity (Wildman–Crippen MR) is 76.3 cm³/mol. The fraction of sp³-hybridized carbons (Fsp3) is 0.733. The molecule has 0 bridgehead atoms. The van der Waals surface area contributed by atoms with Crippen LogP contribution in [0, 0.1) is 6.92 Å². The summed E-state index contributed by atoms with van der Waals surface area (Å²) >= 11 is 0. The van der Waals surface area contributed by atoms with Gasteiger partial charge in [-0.2, -0.15) is 0 Å². The second-order valence-electron chi connectivity index (χ2n) is 5.14. The van der Waals surface area contributed by atoms with Crippen LogP contribution in [-0.4, -0.2) is 9.97 Å². The van der Waals surface area contributed by atoms with Gasteiger partial charge in [-0.05, 0) is 18.9 Å². The van der Waals surface area contributed by atoms with E-state index in [1.807, 2.05) is 19.3 Å². The van der Waals surface area contributed by atoms with Crippen molar-refractivity contribution in [3.63, 3.8) is 0 Å². The monoisotopic (exact) mass is 249 g/mol. The lowest BCUT2D eigenvalue weighted by atomic mass is 10.1. The molecule has 1 aromatic rings. The van der Waals surface area contributed by atoms with Crippen molar-refractivity contribution < 1.29 is 0 Å². The Morgan fingerprint density at radius 2 is 1.56 bits per heavy atom. The summed E-state index contributed by atoms with van der Waals surface area (Å²) in [5.41, 5.74) is 7.17. The van der Waals surface area contributed by atoms with Crippen LogP contribution in [-0.2, 0) is 0 Å². The topological polar surface area (TPSA) is 51.8 Å². The normalized spacial score (nSPS) is 12.6. The third-order valence-electron chi connectivity index (χ3n) is 3.25. The molecule has 1 unspecified atom stereocenters. The molecule has 0 aromatic carbocycles. The van der Waals surface area contributed by atoms with Crippen LogP contribution < -0.4 is 5.73 Å². The molecule has 0 amide bonds. The molecule has 3 heteroatoms. The smallest absolute Gasteiger partial charge is 0.144 e. The van der Waals surface area contributed by atoms with Gasteiger partial charge in [-0.1, -0.05) is 51.9 Å². The third kappa shape index (κ3) is 6.10. The number of aromatic nitrogens is 2. The van der Waals surface area contributed by atoms with E-state index in [0.29, 0.717) is 0 Å². The summed E-state index contributed by atoms with van der Waals surface area (Å²) < 4.78 is 0. The van der Waals surface area contributed by atoms with Gasteiger partial charge in [0.25, 0.3) is 0 Å². The highest BCUT2D eigenvalue weighted by atomic mass is 14.9. The Balaban J connectivity index is 2.10. The maximum absolute atomic E-state index is 6.08. The fourth-order valence-corrected chi connectivity index (χ4v) is 2.04. The summed E-state index contributed by atoms with van der Waals surface area (Å²) in [5.74, 6) is 0.784. The molecule has 1 aromatic heterocycles. The quantitative estimate of drug-likeness (QED) is 0.675. The van der Waals surface area contributed by atoms with Crippen molar-refractivity contribution in [3.05, 3.63) is 23.8 Å². The Hall–Kier alpha value is -0.960. The van der Waals surface area contributed by atoms with Crippen molar-refractivity contribution in [3.8, 4) is 0 Å². The number of rotatable bonds is 9. The minimum atomic E-state index is 0.00115. The predicted octanol–water partition coefficient (Wildman–Crippen LogP) is 3.93. The minimum absolute atomic E-state index is 0.00115. The van der Waals surface area contributed by atoms with Crippen LogP contribution in [0.5, 0.6) is 0 Å². The summed E-state index contributed by atoms with van der Waals surface area (Å²) in [6.07, 6.45) is 13.9. The zero-order valence-electron chi connectivity index (χ0n) is 11.9. The average molecular weight is 249 g/mol. The van der Waals surface area contributed by atoms with Gasteiger partial charge in [0.1, 0.15) is 5.82 Å². The van der Waals surface area contributed by atoms with E-state index >= 15 is 0 Å².